The molecular weight excluding hydrogens is 243 g/mol. The van der Waals surface area contributed by atoms with E-state index in [0.29, 0.717) is 0 Å². The molecule has 94 valence electrons. The van der Waals surface area contributed by atoms with Crippen LogP contribution in [0.15, 0.2) is 6.07 Å². The predicted molar refractivity (Wildman–Crippen MR) is 50.2 cm³/mol. The predicted octanol–water partition coefficient (Wildman–Crippen LogP) is 0.719. The van der Waals surface area contributed by atoms with Crippen molar-refractivity contribution >= 4 is 11.7 Å². The van der Waals surface area contributed by atoms with Crippen molar-refractivity contribution in [1.29, 1.82) is 0 Å². The number of alkyl halides is 3. The smallest absolute Gasteiger partial charge is 0.476 e. The number of carboxylic acids is 1. The summed E-state index contributed by atoms with van der Waals surface area (Å²) in [6.45, 7) is -0.411. The van der Waals surface area contributed by atoms with E-state index in [1.807, 2.05) is 0 Å². The van der Waals surface area contributed by atoms with Crippen molar-refractivity contribution in [3.05, 3.63) is 17.5 Å². The van der Waals surface area contributed by atoms with Crippen molar-refractivity contribution in [2.24, 2.45) is 5.73 Å². The molecule has 1 aromatic heterocycles. The number of halogens is 3. The summed E-state index contributed by atoms with van der Waals surface area (Å²) < 4.78 is 39.6. The van der Waals surface area contributed by atoms with Crippen LogP contribution in [0.5, 0.6) is 5.75 Å². The van der Waals surface area contributed by atoms with Gasteiger partial charge in [-0.25, -0.2) is 9.78 Å². The second-order valence-electron chi connectivity index (χ2n) is 2.93. The Balaban J connectivity index is 3.24. The Morgan fingerprint density at radius 2 is 2.12 bits per heavy atom. The quantitative estimate of drug-likeness (QED) is 0.729. The molecule has 17 heavy (non-hydrogen) atoms. The Kier molecular flexibility index (Phi) is 3.42. The van der Waals surface area contributed by atoms with E-state index in [1.54, 1.807) is 0 Å². The number of carboxylic acid groups (broad SMARTS) is 1. The zero-order valence-corrected chi connectivity index (χ0v) is 8.28. The molecular formula is C8H8F3N3O3. The van der Waals surface area contributed by atoms with Crippen LogP contribution in [0, 0.1) is 0 Å². The van der Waals surface area contributed by atoms with Crippen molar-refractivity contribution in [2.45, 2.75) is 12.9 Å². The molecule has 0 spiro atoms. The Morgan fingerprint density at radius 1 is 1.53 bits per heavy atom. The van der Waals surface area contributed by atoms with Gasteiger partial charge in [0.1, 0.15) is 0 Å². The van der Waals surface area contributed by atoms with E-state index >= 15 is 0 Å². The molecule has 0 atom stereocenters. The molecule has 0 aliphatic carbocycles. The van der Waals surface area contributed by atoms with E-state index in [9.17, 15) is 18.0 Å². The van der Waals surface area contributed by atoms with Crippen LogP contribution in [0.2, 0.25) is 0 Å². The fourth-order valence-corrected chi connectivity index (χ4v) is 1.08. The Bertz CT molecular complexity index is 448. The SMILES string of the molecule is NCc1nc(C(=O)O)c(N)cc1OC(F)(F)F. The minimum absolute atomic E-state index is 0.339. The molecule has 1 rings (SSSR count). The minimum atomic E-state index is -4.93. The molecule has 5 N–H and O–H groups in total. The highest BCUT2D eigenvalue weighted by Crippen LogP contribution is 2.28. The van der Waals surface area contributed by atoms with Gasteiger partial charge in [0, 0.05) is 12.6 Å². The highest BCUT2D eigenvalue weighted by molar-refractivity contribution is 5.91. The van der Waals surface area contributed by atoms with E-state index in [2.05, 4.69) is 9.72 Å². The van der Waals surface area contributed by atoms with E-state index in [-0.39, 0.29) is 5.69 Å². The van der Waals surface area contributed by atoms with Gasteiger partial charge in [0.25, 0.3) is 0 Å². The molecule has 0 fully saturated rings. The number of hydrogen-bond donors (Lipinski definition) is 3. The lowest BCUT2D eigenvalue weighted by molar-refractivity contribution is -0.275. The van der Waals surface area contributed by atoms with Gasteiger partial charge in [-0.1, -0.05) is 0 Å². The van der Waals surface area contributed by atoms with Crippen molar-refractivity contribution in [3.63, 3.8) is 0 Å². The first-order valence-corrected chi connectivity index (χ1v) is 4.23. The van der Waals surface area contributed by atoms with Crippen molar-refractivity contribution in [3.8, 4) is 5.75 Å². The average Bonchev–Trinajstić information content (AvgIpc) is 2.14. The Labute approximate surface area is 93.0 Å². The van der Waals surface area contributed by atoms with Crippen LogP contribution in [0.4, 0.5) is 18.9 Å². The molecule has 0 aliphatic rings. The van der Waals surface area contributed by atoms with Gasteiger partial charge in [-0.2, -0.15) is 0 Å². The number of nitrogens with zero attached hydrogens (tertiary/aromatic N) is 1. The summed E-state index contributed by atoms with van der Waals surface area (Å²) in [5, 5.41) is 8.66. The van der Waals surface area contributed by atoms with Crippen LogP contribution in [0.25, 0.3) is 0 Å². The van der Waals surface area contributed by atoms with Gasteiger partial charge < -0.3 is 21.3 Å². The lowest BCUT2D eigenvalue weighted by Crippen LogP contribution is -2.20. The second-order valence-corrected chi connectivity index (χ2v) is 2.93. The largest absolute Gasteiger partial charge is 0.573 e. The van der Waals surface area contributed by atoms with Crippen LogP contribution in [0.1, 0.15) is 16.2 Å². The van der Waals surface area contributed by atoms with Gasteiger partial charge in [-0.3, -0.25) is 0 Å². The van der Waals surface area contributed by atoms with Crippen LogP contribution >= 0.6 is 0 Å². The highest BCUT2D eigenvalue weighted by Gasteiger charge is 2.33. The average molecular weight is 251 g/mol. The lowest BCUT2D eigenvalue weighted by Gasteiger charge is -2.13. The first-order chi connectivity index (χ1) is 7.74. The monoisotopic (exact) mass is 251 g/mol. The highest BCUT2D eigenvalue weighted by atomic mass is 19.4. The van der Waals surface area contributed by atoms with Crippen LogP contribution in [0.3, 0.4) is 0 Å². The maximum atomic E-state index is 12.0. The van der Waals surface area contributed by atoms with Gasteiger partial charge in [-0.05, 0) is 0 Å². The normalized spacial score (nSPS) is 11.3. The first kappa shape index (κ1) is 13.0. The molecule has 1 aromatic rings. The number of nitrogen functional groups attached to an aromatic ring is 1. The van der Waals surface area contributed by atoms with Crippen LogP contribution in [-0.2, 0) is 6.54 Å². The molecule has 1 heterocycles. The number of pyridine rings is 1. The minimum Gasteiger partial charge on any atom is -0.476 e. The molecule has 0 bridgehead atoms. The molecule has 0 saturated heterocycles. The number of ether oxygens (including phenoxy) is 1. The molecule has 0 amide bonds. The van der Waals surface area contributed by atoms with Gasteiger partial charge in [0.05, 0.1) is 11.4 Å². The number of aromatic carboxylic acids is 1. The summed E-state index contributed by atoms with van der Waals surface area (Å²) in [5.74, 6) is -2.17. The van der Waals surface area contributed by atoms with Gasteiger partial charge in [0.15, 0.2) is 11.4 Å². The number of anilines is 1. The summed E-state index contributed by atoms with van der Waals surface area (Å²) in [5.41, 5.74) is 9.03. The number of hydrogen-bond acceptors (Lipinski definition) is 5. The Hall–Kier alpha value is -2.03. The van der Waals surface area contributed by atoms with Crippen LogP contribution < -0.4 is 16.2 Å². The molecule has 0 unspecified atom stereocenters. The topological polar surface area (TPSA) is 111 Å². The van der Waals surface area contributed by atoms with E-state index in [0.717, 1.165) is 6.07 Å². The first-order valence-electron chi connectivity index (χ1n) is 4.23. The summed E-state index contributed by atoms with van der Waals surface area (Å²) in [4.78, 5) is 14.0. The molecule has 0 aliphatic heterocycles. The van der Waals surface area contributed by atoms with Crippen molar-refractivity contribution < 1.29 is 27.8 Å². The van der Waals surface area contributed by atoms with E-state index in [1.165, 1.54) is 0 Å². The number of rotatable bonds is 3. The molecule has 9 heteroatoms. The van der Waals surface area contributed by atoms with Crippen molar-refractivity contribution in [1.82, 2.24) is 4.98 Å². The fourth-order valence-electron chi connectivity index (χ4n) is 1.08. The molecule has 6 nitrogen and oxygen atoms in total. The standard InChI is InChI=1S/C8H8F3N3O3/c9-8(10,11)17-5-1-3(13)6(7(15)16)14-4(5)2-12/h1H,2,12-13H2,(H,15,16). The molecule has 0 radical (unpaired) electrons. The summed E-state index contributed by atoms with van der Waals surface area (Å²) in [6, 6.07) is 0.728. The zero-order valence-electron chi connectivity index (χ0n) is 8.28. The lowest BCUT2D eigenvalue weighted by atomic mass is 10.2. The van der Waals surface area contributed by atoms with Gasteiger partial charge in [0.2, 0.25) is 0 Å². The third-order valence-corrected chi connectivity index (χ3v) is 1.71. The van der Waals surface area contributed by atoms with Gasteiger partial charge >= 0.3 is 12.3 Å². The van der Waals surface area contributed by atoms with E-state index in [4.69, 9.17) is 16.6 Å². The number of aromatic nitrogens is 1. The Morgan fingerprint density at radius 3 is 2.53 bits per heavy atom. The third kappa shape index (κ3) is 3.21. The summed E-state index contributed by atoms with van der Waals surface area (Å²) in [7, 11) is 0. The number of nitrogens with two attached hydrogens (primary N) is 2. The second kappa shape index (κ2) is 4.45. The molecule has 0 aromatic carbocycles. The number of carbonyl (C=O) groups is 1. The zero-order chi connectivity index (χ0) is 13.2. The fraction of sp³-hybridized carbons (Fsp3) is 0.250. The summed E-state index contributed by atoms with van der Waals surface area (Å²) in [6.07, 6.45) is -4.93. The van der Waals surface area contributed by atoms with E-state index < -0.39 is 36.0 Å². The van der Waals surface area contributed by atoms with Gasteiger partial charge in [-0.15, -0.1) is 13.2 Å². The van der Waals surface area contributed by atoms with Crippen LogP contribution in [-0.4, -0.2) is 22.4 Å². The maximum Gasteiger partial charge on any atom is 0.573 e. The summed E-state index contributed by atoms with van der Waals surface area (Å²) >= 11 is 0. The third-order valence-electron chi connectivity index (χ3n) is 1.71. The maximum absolute atomic E-state index is 12.0. The van der Waals surface area contributed by atoms with Crippen molar-refractivity contribution in [2.75, 3.05) is 5.73 Å². The molecule has 0 saturated carbocycles.